The third-order valence-electron chi connectivity index (χ3n) is 0.721. The van der Waals surface area contributed by atoms with Gasteiger partial charge in [0.2, 0.25) is 0 Å². The Hall–Kier alpha value is -0.770. The predicted molar refractivity (Wildman–Crippen MR) is 38.0 cm³/mol. The zero-order valence-electron chi connectivity index (χ0n) is 6.30. The van der Waals surface area contributed by atoms with Gasteiger partial charge in [0.05, 0.1) is 5.88 Å². The van der Waals surface area contributed by atoms with Gasteiger partial charge in [-0.05, 0) is 0 Å². The van der Waals surface area contributed by atoms with E-state index < -0.39 is 18.2 Å². The van der Waals surface area contributed by atoms with Gasteiger partial charge in [0.15, 0.2) is 0 Å². The van der Waals surface area contributed by atoms with Gasteiger partial charge in [-0.1, -0.05) is 0 Å². The second-order valence-corrected chi connectivity index (χ2v) is 2.11. The second kappa shape index (κ2) is 4.96. The molecule has 0 amide bonds. The number of carbonyl (C=O) groups is 2. The summed E-state index contributed by atoms with van der Waals surface area (Å²) in [5, 5.41) is 0. The third-order valence-corrected chi connectivity index (χ3v) is 0.973. The number of alkyl halides is 1. The van der Waals surface area contributed by atoms with E-state index >= 15 is 0 Å². The maximum Gasteiger partial charge on any atom is 0.305 e. The largest absolute Gasteiger partial charge is 0.424 e. The van der Waals surface area contributed by atoms with Gasteiger partial charge in [-0.3, -0.25) is 9.59 Å². The van der Waals surface area contributed by atoms with Crippen LogP contribution in [-0.4, -0.2) is 24.1 Å². The molecular weight excluding hydrogens is 172 g/mol. The maximum atomic E-state index is 10.3. The summed E-state index contributed by atoms with van der Waals surface area (Å²) in [6, 6.07) is 0. The van der Waals surface area contributed by atoms with Crippen molar-refractivity contribution in [2.75, 3.05) is 5.88 Å². The summed E-state index contributed by atoms with van der Waals surface area (Å²) in [6.45, 7) is 2.42. The molecule has 0 aromatic heterocycles. The quantitative estimate of drug-likeness (QED) is 0.364. The topological polar surface area (TPSA) is 52.6 Å². The summed E-state index contributed by atoms with van der Waals surface area (Å²) in [5.41, 5.74) is 0. The molecule has 0 radical (unpaired) electrons. The van der Waals surface area contributed by atoms with Gasteiger partial charge in [0.25, 0.3) is 6.29 Å². The Labute approximate surface area is 69.4 Å². The van der Waals surface area contributed by atoms with Crippen LogP contribution in [0.1, 0.15) is 13.8 Å². The molecule has 0 N–H and O–H groups in total. The van der Waals surface area contributed by atoms with Gasteiger partial charge in [-0.15, -0.1) is 11.6 Å². The van der Waals surface area contributed by atoms with E-state index in [4.69, 9.17) is 11.6 Å². The fourth-order valence-electron chi connectivity index (χ4n) is 0.457. The number of hydrogen-bond donors (Lipinski definition) is 0. The first-order valence-corrected chi connectivity index (χ1v) is 3.50. The van der Waals surface area contributed by atoms with Crippen LogP contribution in [-0.2, 0) is 19.1 Å². The van der Waals surface area contributed by atoms with Crippen LogP contribution in [0.4, 0.5) is 0 Å². The summed E-state index contributed by atoms with van der Waals surface area (Å²) < 4.78 is 8.99. The summed E-state index contributed by atoms with van der Waals surface area (Å²) in [5.74, 6) is -1.12. The van der Waals surface area contributed by atoms with Crippen LogP contribution < -0.4 is 0 Å². The lowest BCUT2D eigenvalue weighted by Gasteiger charge is -2.12. The summed E-state index contributed by atoms with van der Waals surface area (Å²) >= 11 is 5.30. The molecule has 0 atom stereocenters. The van der Waals surface area contributed by atoms with Crippen molar-refractivity contribution in [1.82, 2.24) is 0 Å². The lowest BCUT2D eigenvalue weighted by Crippen LogP contribution is -2.23. The van der Waals surface area contributed by atoms with Crippen LogP contribution in [0.15, 0.2) is 0 Å². The van der Waals surface area contributed by atoms with Crippen molar-refractivity contribution in [3.05, 3.63) is 0 Å². The molecule has 0 aliphatic rings. The van der Waals surface area contributed by atoms with E-state index in [1.165, 1.54) is 13.8 Å². The number of ether oxygens (including phenoxy) is 2. The lowest BCUT2D eigenvalue weighted by atomic mass is 10.7. The molecule has 0 spiro atoms. The molecule has 5 heteroatoms. The van der Waals surface area contributed by atoms with Crippen molar-refractivity contribution in [2.45, 2.75) is 20.1 Å². The summed E-state index contributed by atoms with van der Waals surface area (Å²) in [7, 11) is 0. The SMILES string of the molecule is CC(=O)OC(CCl)OC(C)=O. The molecule has 0 rings (SSSR count). The van der Waals surface area contributed by atoms with E-state index in [-0.39, 0.29) is 5.88 Å². The van der Waals surface area contributed by atoms with Gasteiger partial charge < -0.3 is 9.47 Å². The fraction of sp³-hybridized carbons (Fsp3) is 0.667. The van der Waals surface area contributed by atoms with Gasteiger partial charge in [-0.2, -0.15) is 0 Å². The molecule has 0 aliphatic heterocycles. The lowest BCUT2D eigenvalue weighted by molar-refractivity contribution is -0.180. The number of hydrogen-bond acceptors (Lipinski definition) is 4. The first-order valence-electron chi connectivity index (χ1n) is 2.96. The first kappa shape index (κ1) is 10.2. The third kappa shape index (κ3) is 5.66. The van der Waals surface area contributed by atoms with Crippen LogP contribution >= 0.6 is 11.6 Å². The zero-order valence-corrected chi connectivity index (χ0v) is 7.05. The average molecular weight is 181 g/mol. The van der Waals surface area contributed by atoms with Crippen LogP contribution in [0.3, 0.4) is 0 Å². The molecule has 0 aromatic rings. The molecule has 4 nitrogen and oxygen atoms in total. The molecule has 0 saturated carbocycles. The van der Waals surface area contributed by atoms with Crippen molar-refractivity contribution in [3.63, 3.8) is 0 Å². The predicted octanol–water partition coefficient (Wildman–Crippen LogP) is 0.677. The summed E-state index contributed by atoms with van der Waals surface area (Å²) in [6.07, 6.45) is -0.966. The molecule has 0 bridgehead atoms. The molecule has 0 heterocycles. The minimum absolute atomic E-state index is 0.0564. The molecular formula is C6H9ClO4. The number of carbonyl (C=O) groups excluding carboxylic acids is 2. The second-order valence-electron chi connectivity index (χ2n) is 1.80. The monoisotopic (exact) mass is 180 g/mol. The average Bonchev–Trinajstić information content (AvgIpc) is 1.84. The van der Waals surface area contributed by atoms with Gasteiger partial charge >= 0.3 is 11.9 Å². The molecule has 0 saturated heterocycles. The van der Waals surface area contributed by atoms with Gasteiger partial charge in [-0.25, -0.2) is 0 Å². The van der Waals surface area contributed by atoms with E-state index in [1.54, 1.807) is 0 Å². The number of rotatable bonds is 3. The Bertz CT molecular complexity index is 141. The maximum absolute atomic E-state index is 10.3. The highest BCUT2D eigenvalue weighted by molar-refractivity contribution is 6.18. The smallest absolute Gasteiger partial charge is 0.305 e. The first-order chi connectivity index (χ1) is 5.06. The van der Waals surface area contributed by atoms with Crippen molar-refractivity contribution in [1.29, 1.82) is 0 Å². The minimum atomic E-state index is -0.966. The van der Waals surface area contributed by atoms with E-state index in [0.29, 0.717) is 0 Å². The summed E-state index contributed by atoms with van der Waals surface area (Å²) in [4.78, 5) is 20.6. The Kier molecular flexibility index (Phi) is 4.61. The fourth-order valence-corrected chi connectivity index (χ4v) is 0.583. The standard InChI is InChI=1S/C6H9ClO4/c1-4(8)10-6(3-7)11-5(2)9/h6H,3H2,1-2H3. The normalized spacial score (nSPS) is 9.45. The number of esters is 2. The van der Waals surface area contributed by atoms with Crippen LogP contribution in [0.25, 0.3) is 0 Å². The Morgan fingerprint density at radius 2 is 1.64 bits per heavy atom. The molecule has 64 valence electrons. The number of halogens is 1. The van der Waals surface area contributed by atoms with Gasteiger partial charge in [0.1, 0.15) is 0 Å². The molecule has 0 aromatic carbocycles. The van der Waals surface area contributed by atoms with E-state index in [2.05, 4.69) is 9.47 Å². The Balaban J connectivity index is 3.76. The van der Waals surface area contributed by atoms with Crippen LogP contribution in [0.5, 0.6) is 0 Å². The molecule has 0 fully saturated rings. The van der Waals surface area contributed by atoms with Crippen LogP contribution in [0.2, 0.25) is 0 Å². The zero-order chi connectivity index (χ0) is 8.85. The van der Waals surface area contributed by atoms with E-state index in [1.807, 2.05) is 0 Å². The Morgan fingerprint density at radius 1 is 1.27 bits per heavy atom. The highest BCUT2D eigenvalue weighted by Gasteiger charge is 2.12. The van der Waals surface area contributed by atoms with E-state index in [0.717, 1.165) is 0 Å². The molecule has 0 aliphatic carbocycles. The minimum Gasteiger partial charge on any atom is -0.424 e. The van der Waals surface area contributed by atoms with Crippen molar-refractivity contribution >= 4 is 23.5 Å². The van der Waals surface area contributed by atoms with Crippen molar-refractivity contribution < 1.29 is 19.1 Å². The molecule has 11 heavy (non-hydrogen) atoms. The highest BCUT2D eigenvalue weighted by Crippen LogP contribution is 1.98. The van der Waals surface area contributed by atoms with Crippen molar-refractivity contribution in [3.8, 4) is 0 Å². The Morgan fingerprint density at radius 3 is 1.82 bits per heavy atom. The van der Waals surface area contributed by atoms with E-state index in [9.17, 15) is 9.59 Å². The van der Waals surface area contributed by atoms with Crippen molar-refractivity contribution in [2.24, 2.45) is 0 Å². The van der Waals surface area contributed by atoms with Crippen LogP contribution in [0, 0.1) is 0 Å². The van der Waals surface area contributed by atoms with Gasteiger partial charge in [0, 0.05) is 13.8 Å². The highest BCUT2D eigenvalue weighted by atomic mass is 35.5. The molecule has 0 unspecified atom stereocenters.